The standard InChI is InChI=1S/C12H11F2N3O/c1-15-12-16-5-7(6-17-12)8-3-10(14)11(18-2)4-9(8)13/h3-6H,1-2H3,(H,15,16,17). The summed E-state index contributed by atoms with van der Waals surface area (Å²) in [5.41, 5.74) is 0.490. The molecule has 1 aromatic heterocycles. The fraction of sp³-hybridized carbons (Fsp3) is 0.167. The van der Waals surface area contributed by atoms with E-state index in [0.29, 0.717) is 11.5 Å². The topological polar surface area (TPSA) is 47.0 Å². The van der Waals surface area contributed by atoms with E-state index >= 15 is 0 Å². The predicted octanol–water partition coefficient (Wildman–Crippen LogP) is 2.47. The van der Waals surface area contributed by atoms with E-state index in [1.165, 1.54) is 19.5 Å². The first-order valence-electron chi connectivity index (χ1n) is 5.19. The molecule has 4 nitrogen and oxygen atoms in total. The molecule has 0 saturated heterocycles. The van der Waals surface area contributed by atoms with Crippen LogP contribution in [0.2, 0.25) is 0 Å². The van der Waals surface area contributed by atoms with Crippen LogP contribution in [-0.4, -0.2) is 24.1 Å². The number of rotatable bonds is 3. The molecule has 0 unspecified atom stereocenters. The Morgan fingerprint density at radius 2 is 1.78 bits per heavy atom. The molecule has 0 bridgehead atoms. The van der Waals surface area contributed by atoms with Crippen molar-refractivity contribution in [1.29, 1.82) is 0 Å². The van der Waals surface area contributed by atoms with Gasteiger partial charge in [-0.25, -0.2) is 18.7 Å². The minimum absolute atomic E-state index is 0.0935. The van der Waals surface area contributed by atoms with E-state index < -0.39 is 11.6 Å². The maximum absolute atomic E-state index is 13.8. The lowest BCUT2D eigenvalue weighted by Crippen LogP contribution is -1.97. The van der Waals surface area contributed by atoms with Crippen LogP contribution in [-0.2, 0) is 0 Å². The molecule has 0 atom stereocenters. The maximum atomic E-state index is 13.8. The minimum Gasteiger partial charge on any atom is -0.494 e. The summed E-state index contributed by atoms with van der Waals surface area (Å²) < 4.78 is 32.0. The van der Waals surface area contributed by atoms with Crippen LogP contribution in [0.1, 0.15) is 0 Å². The molecule has 2 aromatic rings. The van der Waals surface area contributed by atoms with Gasteiger partial charge >= 0.3 is 0 Å². The average molecular weight is 251 g/mol. The van der Waals surface area contributed by atoms with Crippen molar-refractivity contribution in [2.24, 2.45) is 0 Å². The molecular formula is C12H11F2N3O. The molecule has 0 saturated carbocycles. The second kappa shape index (κ2) is 4.95. The van der Waals surface area contributed by atoms with Crippen molar-refractivity contribution in [1.82, 2.24) is 9.97 Å². The fourth-order valence-electron chi connectivity index (χ4n) is 1.50. The predicted molar refractivity (Wildman–Crippen MR) is 63.5 cm³/mol. The van der Waals surface area contributed by atoms with Gasteiger partial charge in [0.15, 0.2) is 11.6 Å². The Hall–Kier alpha value is -2.24. The summed E-state index contributed by atoms with van der Waals surface area (Å²) >= 11 is 0. The molecule has 0 aliphatic rings. The monoisotopic (exact) mass is 251 g/mol. The molecule has 0 aliphatic carbocycles. The summed E-state index contributed by atoms with van der Waals surface area (Å²) in [5, 5.41) is 2.74. The first-order valence-corrected chi connectivity index (χ1v) is 5.19. The molecule has 6 heteroatoms. The second-order valence-electron chi connectivity index (χ2n) is 3.51. The summed E-state index contributed by atoms with van der Waals surface area (Å²) in [4.78, 5) is 7.89. The molecule has 94 valence electrons. The Balaban J connectivity index is 2.46. The van der Waals surface area contributed by atoms with Crippen LogP contribution < -0.4 is 10.1 Å². The maximum Gasteiger partial charge on any atom is 0.222 e. The van der Waals surface area contributed by atoms with Crippen LogP contribution >= 0.6 is 0 Å². The number of hydrogen-bond donors (Lipinski definition) is 1. The lowest BCUT2D eigenvalue weighted by atomic mass is 10.1. The fourth-order valence-corrected chi connectivity index (χ4v) is 1.50. The molecule has 2 rings (SSSR count). The van der Waals surface area contributed by atoms with Crippen molar-refractivity contribution in [3.05, 3.63) is 36.2 Å². The SMILES string of the molecule is CNc1ncc(-c2cc(F)c(OC)cc2F)cn1. The zero-order chi connectivity index (χ0) is 13.1. The Labute approximate surface area is 103 Å². The highest BCUT2D eigenvalue weighted by molar-refractivity contribution is 5.64. The molecule has 0 amide bonds. The van der Waals surface area contributed by atoms with E-state index in [1.54, 1.807) is 7.05 Å². The van der Waals surface area contributed by atoms with Crippen LogP contribution in [0.4, 0.5) is 14.7 Å². The first-order chi connectivity index (χ1) is 8.65. The van der Waals surface area contributed by atoms with Crippen LogP contribution in [0.5, 0.6) is 5.75 Å². The molecule has 18 heavy (non-hydrogen) atoms. The van der Waals surface area contributed by atoms with Crippen molar-refractivity contribution in [3.8, 4) is 16.9 Å². The summed E-state index contributed by atoms with van der Waals surface area (Å²) in [7, 11) is 2.95. The molecule has 0 aliphatic heterocycles. The van der Waals surface area contributed by atoms with Crippen LogP contribution in [0, 0.1) is 11.6 Å². The lowest BCUT2D eigenvalue weighted by Gasteiger charge is -2.07. The van der Waals surface area contributed by atoms with E-state index in [-0.39, 0.29) is 11.3 Å². The van der Waals surface area contributed by atoms with E-state index in [4.69, 9.17) is 4.74 Å². The Bertz CT molecular complexity index is 558. The van der Waals surface area contributed by atoms with Gasteiger partial charge in [-0.3, -0.25) is 0 Å². The van der Waals surface area contributed by atoms with Gasteiger partial charge in [-0.1, -0.05) is 0 Å². The normalized spacial score (nSPS) is 10.2. The lowest BCUT2D eigenvalue weighted by molar-refractivity contribution is 0.383. The number of hydrogen-bond acceptors (Lipinski definition) is 4. The molecule has 1 heterocycles. The molecule has 0 spiro atoms. The van der Waals surface area contributed by atoms with Gasteiger partial charge in [-0.15, -0.1) is 0 Å². The van der Waals surface area contributed by atoms with Crippen molar-refractivity contribution in [2.75, 3.05) is 19.5 Å². The number of benzene rings is 1. The molecular weight excluding hydrogens is 240 g/mol. The van der Waals surface area contributed by atoms with Gasteiger partial charge < -0.3 is 10.1 Å². The zero-order valence-corrected chi connectivity index (χ0v) is 9.87. The zero-order valence-electron chi connectivity index (χ0n) is 9.87. The smallest absolute Gasteiger partial charge is 0.222 e. The van der Waals surface area contributed by atoms with Crippen LogP contribution in [0.15, 0.2) is 24.5 Å². The third-order valence-electron chi connectivity index (χ3n) is 2.43. The summed E-state index contributed by atoms with van der Waals surface area (Å²) in [6.45, 7) is 0. The highest BCUT2D eigenvalue weighted by Gasteiger charge is 2.12. The highest BCUT2D eigenvalue weighted by atomic mass is 19.1. The largest absolute Gasteiger partial charge is 0.494 e. The number of ether oxygens (including phenoxy) is 1. The third kappa shape index (κ3) is 2.22. The molecule has 0 radical (unpaired) electrons. The number of nitrogens with zero attached hydrogens (tertiary/aromatic N) is 2. The third-order valence-corrected chi connectivity index (χ3v) is 2.43. The molecule has 1 aromatic carbocycles. The second-order valence-corrected chi connectivity index (χ2v) is 3.51. The van der Waals surface area contributed by atoms with Crippen molar-refractivity contribution >= 4 is 5.95 Å². The van der Waals surface area contributed by atoms with Gasteiger partial charge in [0.1, 0.15) is 5.82 Å². The van der Waals surface area contributed by atoms with Gasteiger partial charge in [0.25, 0.3) is 0 Å². The number of halogens is 2. The average Bonchev–Trinajstić information content (AvgIpc) is 2.41. The van der Waals surface area contributed by atoms with Crippen LogP contribution in [0.3, 0.4) is 0 Å². The van der Waals surface area contributed by atoms with E-state index in [1.807, 2.05) is 0 Å². The summed E-state index contributed by atoms with van der Waals surface area (Å²) in [6, 6.07) is 2.06. The highest BCUT2D eigenvalue weighted by Crippen LogP contribution is 2.28. The Morgan fingerprint density at radius 1 is 1.11 bits per heavy atom. The van der Waals surface area contributed by atoms with Crippen molar-refractivity contribution in [2.45, 2.75) is 0 Å². The minimum atomic E-state index is -0.633. The summed E-state index contributed by atoms with van der Waals surface area (Å²) in [5.74, 6) is -0.946. The van der Waals surface area contributed by atoms with E-state index in [0.717, 1.165) is 12.1 Å². The van der Waals surface area contributed by atoms with Crippen LogP contribution in [0.25, 0.3) is 11.1 Å². The molecule has 0 fully saturated rings. The van der Waals surface area contributed by atoms with Gasteiger partial charge in [0, 0.05) is 36.6 Å². The van der Waals surface area contributed by atoms with Gasteiger partial charge in [0.05, 0.1) is 7.11 Å². The quantitative estimate of drug-likeness (QED) is 0.910. The van der Waals surface area contributed by atoms with Gasteiger partial charge in [-0.05, 0) is 6.07 Å². The summed E-state index contributed by atoms with van der Waals surface area (Å²) in [6.07, 6.45) is 2.84. The van der Waals surface area contributed by atoms with Gasteiger partial charge in [0.2, 0.25) is 5.95 Å². The van der Waals surface area contributed by atoms with Gasteiger partial charge in [-0.2, -0.15) is 0 Å². The molecule has 1 N–H and O–H groups in total. The number of nitrogens with one attached hydrogen (secondary N) is 1. The van der Waals surface area contributed by atoms with Crippen molar-refractivity contribution < 1.29 is 13.5 Å². The van der Waals surface area contributed by atoms with Crippen molar-refractivity contribution in [3.63, 3.8) is 0 Å². The van der Waals surface area contributed by atoms with E-state index in [2.05, 4.69) is 15.3 Å². The Morgan fingerprint density at radius 3 is 2.33 bits per heavy atom. The number of anilines is 1. The Kier molecular flexibility index (Phi) is 3.36. The van der Waals surface area contributed by atoms with E-state index in [9.17, 15) is 8.78 Å². The number of methoxy groups -OCH3 is 1. The number of aromatic nitrogens is 2. The first kappa shape index (κ1) is 12.2.